The highest BCUT2D eigenvalue weighted by Gasteiger charge is 2.04. The van der Waals surface area contributed by atoms with E-state index in [1.165, 1.54) is 0 Å². The van der Waals surface area contributed by atoms with E-state index in [1.807, 2.05) is 32.0 Å². The van der Waals surface area contributed by atoms with E-state index in [0.29, 0.717) is 26.1 Å². The molecule has 0 bridgehead atoms. The summed E-state index contributed by atoms with van der Waals surface area (Å²) >= 11 is 0. The average Bonchev–Trinajstić information content (AvgIpc) is 2.31. The second-order valence-corrected chi connectivity index (χ2v) is 3.87. The molecule has 1 rings (SSSR count). The number of carbonyl (C=O) groups excluding carboxylic acids is 1. The molecule has 3 N–H and O–H groups in total. The molecule has 1 amide bonds. The molecule has 0 aliphatic heterocycles. The monoisotopic (exact) mass is 236 g/mol. The first kappa shape index (κ1) is 13.5. The summed E-state index contributed by atoms with van der Waals surface area (Å²) in [4.78, 5) is 11.2. The molecule has 0 radical (unpaired) electrons. The second-order valence-electron chi connectivity index (χ2n) is 3.87. The average molecular weight is 236 g/mol. The van der Waals surface area contributed by atoms with Gasteiger partial charge in [-0.15, -0.1) is 0 Å². The summed E-state index contributed by atoms with van der Waals surface area (Å²) in [6, 6.07) is 5.87. The summed E-state index contributed by atoms with van der Waals surface area (Å²) in [6.45, 7) is 5.38. The number of hydrogen-bond acceptors (Lipinski definition) is 3. The number of ether oxygens (including phenoxy) is 1. The minimum Gasteiger partial charge on any atom is -0.493 e. The number of amides is 1. The number of benzene rings is 1. The lowest BCUT2D eigenvalue weighted by Gasteiger charge is -2.11. The highest BCUT2D eigenvalue weighted by atomic mass is 16.5. The highest BCUT2D eigenvalue weighted by Crippen LogP contribution is 2.19. The van der Waals surface area contributed by atoms with E-state index in [1.54, 1.807) is 0 Å². The van der Waals surface area contributed by atoms with Crippen molar-refractivity contribution in [2.45, 2.75) is 26.8 Å². The molecule has 0 fully saturated rings. The normalized spacial score (nSPS) is 10.1. The fourth-order valence-electron chi connectivity index (χ4n) is 1.55. The summed E-state index contributed by atoms with van der Waals surface area (Å²) in [5.41, 5.74) is 7.77. The van der Waals surface area contributed by atoms with Crippen LogP contribution in [0.3, 0.4) is 0 Å². The first-order chi connectivity index (χ1) is 8.17. The Bertz CT molecular complexity index is 378. The van der Waals surface area contributed by atoms with Crippen LogP contribution in [0.2, 0.25) is 0 Å². The van der Waals surface area contributed by atoms with Gasteiger partial charge in [0.2, 0.25) is 5.91 Å². The Morgan fingerprint density at radius 3 is 2.88 bits per heavy atom. The quantitative estimate of drug-likeness (QED) is 0.783. The predicted molar refractivity (Wildman–Crippen MR) is 67.9 cm³/mol. The van der Waals surface area contributed by atoms with Gasteiger partial charge in [0.25, 0.3) is 0 Å². The topological polar surface area (TPSA) is 64.3 Å². The Kier molecular flexibility index (Phi) is 5.49. The van der Waals surface area contributed by atoms with Gasteiger partial charge in [0.1, 0.15) is 5.75 Å². The van der Waals surface area contributed by atoms with Crippen LogP contribution in [0.4, 0.5) is 0 Å². The lowest BCUT2D eigenvalue weighted by Crippen LogP contribution is -2.24. The van der Waals surface area contributed by atoms with Crippen molar-refractivity contribution in [1.29, 1.82) is 0 Å². The molecular weight excluding hydrogens is 216 g/mol. The van der Waals surface area contributed by atoms with Gasteiger partial charge in [0.05, 0.1) is 13.0 Å². The van der Waals surface area contributed by atoms with E-state index in [9.17, 15) is 4.79 Å². The summed E-state index contributed by atoms with van der Waals surface area (Å²) in [5.74, 6) is 0.774. The Labute approximate surface area is 102 Å². The van der Waals surface area contributed by atoms with Crippen LogP contribution in [0.25, 0.3) is 0 Å². The smallest absolute Gasteiger partial charge is 0.223 e. The predicted octanol–water partition coefficient (Wildman–Crippen LogP) is 1.36. The lowest BCUT2D eigenvalue weighted by atomic mass is 10.1. The summed E-state index contributed by atoms with van der Waals surface area (Å²) in [7, 11) is 0. The number of hydrogen-bond donors (Lipinski definition) is 2. The van der Waals surface area contributed by atoms with Gasteiger partial charge in [-0.05, 0) is 19.9 Å². The molecular formula is C13H20N2O2. The van der Waals surface area contributed by atoms with Crippen LogP contribution >= 0.6 is 0 Å². The molecule has 0 unspecified atom stereocenters. The van der Waals surface area contributed by atoms with E-state index >= 15 is 0 Å². The Hall–Kier alpha value is -1.55. The summed E-state index contributed by atoms with van der Waals surface area (Å²) in [6.07, 6.45) is 0.367. The van der Waals surface area contributed by atoms with Crippen LogP contribution in [0.15, 0.2) is 18.2 Å². The maximum atomic E-state index is 11.2. The first-order valence-electron chi connectivity index (χ1n) is 5.86. The molecule has 94 valence electrons. The number of aryl methyl sites for hydroxylation is 1. The van der Waals surface area contributed by atoms with Gasteiger partial charge < -0.3 is 15.8 Å². The van der Waals surface area contributed by atoms with E-state index in [-0.39, 0.29) is 5.91 Å². The van der Waals surface area contributed by atoms with Crippen molar-refractivity contribution in [3.63, 3.8) is 0 Å². The van der Waals surface area contributed by atoms with E-state index < -0.39 is 0 Å². The van der Waals surface area contributed by atoms with Crippen molar-refractivity contribution in [2.75, 3.05) is 13.2 Å². The Morgan fingerprint density at radius 2 is 2.24 bits per heavy atom. The SMILES string of the molecule is CCNC(=O)CCOc1ccc(C)cc1CN. The maximum absolute atomic E-state index is 11.2. The number of nitrogens with two attached hydrogens (primary N) is 1. The minimum absolute atomic E-state index is 0.00825. The molecule has 0 heterocycles. The molecule has 4 nitrogen and oxygen atoms in total. The molecule has 1 aromatic rings. The van der Waals surface area contributed by atoms with E-state index in [4.69, 9.17) is 10.5 Å². The van der Waals surface area contributed by atoms with Gasteiger partial charge in [-0.25, -0.2) is 0 Å². The van der Waals surface area contributed by atoms with Crippen molar-refractivity contribution in [3.05, 3.63) is 29.3 Å². The zero-order valence-corrected chi connectivity index (χ0v) is 10.5. The van der Waals surface area contributed by atoms with Crippen molar-refractivity contribution >= 4 is 5.91 Å². The molecule has 0 aromatic heterocycles. The van der Waals surface area contributed by atoms with Crippen LogP contribution in [0, 0.1) is 6.92 Å². The number of nitrogens with one attached hydrogen (secondary N) is 1. The van der Waals surface area contributed by atoms with Crippen LogP contribution in [-0.2, 0) is 11.3 Å². The largest absolute Gasteiger partial charge is 0.493 e. The Balaban J connectivity index is 2.49. The van der Waals surface area contributed by atoms with Crippen LogP contribution in [0.5, 0.6) is 5.75 Å². The van der Waals surface area contributed by atoms with Crippen LogP contribution in [0.1, 0.15) is 24.5 Å². The third kappa shape index (κ3) is 4.44. The fraction of sp³-hybridized carbons (Fsp3) is 0.462. The van der Waals surface area contributed by atoms with Gasteiger partial charge >= 0.3 is 0 Å². The van der Waals surface area contributed by atoms with Crippen molar-refractivity contribution in [3.8, 4) is 5.75 Å². The molecule has 0 aliphatic rings. The molecule has 17 heavy (non-hydrogen) atoms. The van der Waals surface area contributed by atoms with Crippen molar-refractivity contribution < 1.29 is 9.53 Å². The third-order valence-electron chi connectivity index (χ3n) is 2.40. The van der Waals surface area contributed by atoms with E-state index in [0.717, 1.165) is 16.9 Å². The first-order valence-corrected chi connectivity index (χ1v) is 5.86. The number of rotatable bonds is 6. The van der Waals surface area contributed by atoms with Gasteiger partial charge in [0.15, 0.2) is 0 Å². The lowest BCUT2D eigenvalue weighted by molar-refractivity contribution is -0.121. The summed E-state index contributed by atoms with van der Waals surface area (Å²) < 4.78 is 5.56. The minimum atomic E-state index is 0.00825. The second kappa shape index (κ2) is 6.91. The molecule has 0 saturated carbocycles. The van der Waals surface area contributed by atoms with Crippen LogP contribution < -0.4 is 15.8 Å². The van der Waals surface area contributed by atoms with E-state index in [2.05, 4.69) is 5.32 Å². The van der Waals surface area contributed by atoms with Gasteiger partial charge in [-0.1, -0.05) is 17.7 Å². The highest BCUT2D eigenvalue weighted by molar-refractivity contribution is 5.75. The number of carbonyl (C=O) groups is 1. The third-order valence-corrected chi connectivity index (χ3v) is 2.40. The van der Waals surface area contributed by atoms with Gasteiger partial charge in [-0.2, -0.15) is 0 Å². The fourth-order valence-corrected chi connectivity index (χ4v) is 1.55. The molecule has 1 aromatic carbocycles. The summed E-state index contributed by atoms with van der Waals surface area (Å²) in [5, 5.41) is 2.73. The zero-order valence-electron chi connectivity index (χ0n) is 10.5. The molecule has 0 atom stereocenters. The van der Waals surface area contributed by atoms with Gasteiger partial charge in [-0.3, -0.25) is 4.79 Å². The standard InChI is InChI=1S/C13H20N2O2/c1-3-15-13(16)6-7-17-12-5-4-10(2)8-11(12)9-14/h4-5,8H,3,6-7,9,14H2,1-2H3,(H,15,16). The maximum Gasteiger partial charge on any atom is 0.223 e. The molecule has 4 heteroatoms. The van der Waals surface area contributed by atoms with Gasteiger partial charge in [0, 0.05) is 18.7 Å². The molecule has 0 spiro atoms. The van der Waals surface area contributed by atoms with Crippen molar-refractivity contribution in [1.82, 2.24) is 5.32 Å². The molecule has 0 aliphatic carbocycles. The van der Waals surface area contributed by atoms with Crippen molar-refractivity contribution in [2.24, 2.45) is 5.73 Å². The molecule has 0 saturated heterocycles. The zero-order chi connectivity index (χ0) is 12.7. The Morgan fingerprint density at radius 1 is 1.47 bits per heavy atom. The van der Waals surface area contributed by atoms with Crippen LogP contribution in [-0.4, -0.2) is 19.1 Å².